The molecule has 2 aromatic carbocycles. The second kappa shape index (κ2) is 6.57. The first-order valence-electron chi connectivity index (χ1n) is 7.73. The summed E-state index contributed by atoms with van der Waals surface area (Å²) < 4.78 is 33.7. The summed E-state index contributed by atoms with van der Waals surface area (Å²) in [6, 6.07) is 9.88. The summed E-state index contributed by atoms with van der Waals surface area (Å²) in [6.45, 7) is 3.53. The number of carbonyl (C=O) groups excluding carboxylic acids is 1. The Bertz CT molecular complexity index is 944. The van der Waals surface area contributed by atoms with Crippen LogP contribution in [-0.2, 0) is 21.2 Å². The molecule has 0 saturated heterocycles. The number of rotatable bonds is 4. The van der Waals surface area contributed by atoms with Crippen molar-refractivity contribution in [1.82, 2.24) is 0 Å². The van der Waals surface area contributed by atoms with E-state index in [4.69, 9.17) is 16.3 Å². The average molecular weight is 381 g/mol. The van der Waals surface area contributed by atoms with Gasteiger partial charge in [0, 0.05) is 10.7 Å². The highest BCUT2D eigenvalue weighted by atomic mass is 35.5. The highest BCUT2D eigenvalue weighted by Crippen LogP contribution is 2.39. The van der Waals surface area contributed by atoms with Crippen molar-refractivity contribution in [2.45, 2.75) is 31.3 Å². The van der Waals surface area contributed by atoms with Crippen molar-refractivity contribution in [2.75, 3.05) is 10.0 Å². The Balaban J connectivity index is 2.04. The zero-order valence-corrected chi connectivity index (χ0v) is 15.2. The van der Waals surface area contributed by atoms with Crippen LogP contribution >= 0.6 is 11.6 Å². The second-order valence-electron chi connectivity index (χ2n) is 5.69. The van der Waals surface area contributed by atoms with E-state index in [2.05, 4.69) is 10.0 Å². The first-order valence-corrected chi connectivity index (χ1v) is 9.59. The third kappa shape index (κ3) is 3.57. The first kappa shape index (κ1) is 17.6. The van der Waals surface area contributed by atoms with Gasteiger partial charge in [0.25, 0.3) is 15.9 Å². The van der Waals surface area contributed by atoms with E-state index in [1.165, 1.54) is 12.1 Å². The minimum Gasteiger partial charge on any atom is -0.477 e. The van der Waals surface area contributed by atoms with E-state index < -0.39 is 16.1 Å². The number of halogens is 1. The molecule has 1 aliphatic heterocycles. The maximum absolute atomic E-state index is 12.9. The van der Waals surface area contributed by atoms with Crippen LogP contribution in [0.3, 0.4) is 0 Å². The standard InChI is InChI=1S/C17H17ClN2O4S/c1-3-11-5-4-6-13(7-11)20-25(22,23)15-9-12(18)8-14-16(15)24-10(2)17(21)19-14/h4-10,20H,3H2,1-2H3,(H,19,21). The minimum atomic E-state index is -3.95. The van der Waals surface area contributed by atoms with Crippen LogP contribution in [0.1, 0.15) is 19.4 Å². The molecule has 0 aliphatic carbocycles. The Morgan fingerprint density at radius 3 is 2.76 bits per heavy atom. The maximum atomic E-state index is 12.9. The van der Waals surface area contributed by atoms with Gasteiger partial charge in [-0.05, 0) is 43.2 Å². The number of amides is 1. The normalized spacial score (nSPS) is 16.6. The fourth-order valence-electron chi connectivity index (χ4n) is 2.51. The monoisotopic (exact) mass is 380 g/mol. The van der Waals surface area contributed by atoms with Gasteiger partial charge in [-0.1, -0.05) is 30.7 Å². The predicted octanol–water partition coefficient (Wildman–Crippen LogP) is 3.42. The molecule has 0 spiro atoms. The molecule has 0 fully saturated rings. The lowest BCUT2D eigenvalue weighted by atomic mass is 10.1. The van der Waals surface area contributed by atoms with Gasteiger partial charge in [0.15, 0.2) is 11.9 Å². The molecule has 25 heavy (non-hydrogen) atoms. The highest BCUT2D eigenvalue weighted by molar-refractivity contribution is 7.92. The van der Waals surface area contributed by atoms with Crippen molar-refractivity contribution in [3.8, 4) is 5.75 Å². The molecule has 1 atom stereocenters. The number of hydrogen-bond donors (Lipinski definition) is 2. The topological polar surface area (TPSA) is 84.5 Å². The number of ether oxygens (including phenoxy) is 1. The highest BCUT2D eigenvalue weighted by Gasteiger charge is 2.31. The SMILES string of the molecule is CCc1cccc(NS(=O)(=O)c2cc(Cl)cc3c2OC(C)C(=O)N3)c1. The summed E-state index contributed by atoms with van der Waals surface area (Å²) in [5.74, 6) is -0.280. The Morgan fingerprint density at radius 2 is 2.04 bits per heavy atom. The number of fused-ring (bicyclic) bond motifs is 1. The molecule has 2 N–H and O–H groups in total. The molecule has 2 aromatic rings. The molecular weight excluding hydrogens is 364 g/mol. The van der Waals surface area contributed by atoms with Crippen LogP contribution in [0.5, 0.6) is 5.75 Å². The fourth-order valence-corrected chi connectivity index (χ4v) is 4.03. The van der Waals surface area contributed by atoms with Crippen molar-refractivity contribution in [3.63, 3.8) is 0 Å². The lowest BCUT2D eigenvalue weighted by molar-refractivity contribution is -0.122. The molecule has 1 unspecified atom stereocenters. The predicted molar refractivity (Wildman–Crippen MR) is 96.8 cm³/mol. The van der Waals surface area contributed by atoms with E-state index in [-0.39, 0.29) is 27.3 Å². The van der Waals surface area contributed by atoms with Crippen molar-refractivity contribution < 1.29 is 17.9 Å². The molecule has 132 valence electrons. The van der Waals surface area contributed by atoms with Gasteiger partial charge >= 0.3 is 0 Å². The quantitative estimate of drug-likeness (QED) is 0.851. The Labute approximate surface area is 151 Å². The van der Waals surface area contributed by atoms with Crippen LogP contribution < -0.4 is 14.8 Å². The number of hydrogen-bond acceptors (Lipinski definition) is 4. The maximum Gasteiger partial charge on any atom is 0.265 e. The van der Waals surface area contributed by atoms with E-state index >= 15 is 0 Å². The first-order chi connectivity index (χ1) is 11.8. The molecule has 3 rings (SSSR count). The van der Waals surface area contributed by atoms with Gasteiger partial charge in [0.1, 0.15) is 4.90 Å². The van der Waals surface area contributed by atoms with Crippen molar-refractivity contribution in [1.29, 1.82) is 0 Å². The largest absolute Gasteiger partial charge is 0.477 e. The van der Waals surface area contributed by atoms with Crippen molar-refractivity contribution in [3.05, 3.63) is 47.0 Å². The summed E-state index contributed by atoms with van der Waals surface area (Å²) in [6.07, 6.45) is -0.0135. The van der Waals surface area contributed by atoms with Crippen molar-refractivity contribution >= 4 is 38.9 Å². The average Bonchev–Trinajstić information content (AvgIpc) is 2.55. The Hall–Kier alpha value is -2.25. The summed E-state index contributed by atoms with van der Waals surface area (Å²) in [5.41, 5.74) is 1.68. The Kier molecular flexibility index (Phi) is 4.62. The Morgan fingerprint density at radius 1 is 1.28 bits per heavy atom. The number of anilines is 2. The molecular formula is C17H17ClN2O4S. The van der Waals surface area contributed by atoms with Gasteiger partial charge in [-0.25, -0.2) is 8.42 Å². The summed E-state index contributed by atoms with van der Waals surface area (Å²) in [5, 5.41) is 2.78. The molecule has 0 bridgehead atoms. The molecule has 6 nitrogen and oxygen atoms in total. The van der Waals surface area contributed by atoms with Gasteiger partial charge in [0.2, 0.25) is 0 Å². The molecule has 1 heterocycles. The summed E-state index contributed by atoms with van der Waals surface area (Å²) in [7, 11) is -3.95. The molecule has 0 saturated carbocycles. The van der Waals surface area contributed by atoms with E-state index in [1.807, 2.05) is 13.0 Å². The molecule has 0 aromatic heterocycles. The number of benzene rings is 2. The number of carbonyl (C=O) groups is 1. The molecule has 8 heteroatoms. The lowest BCUT2D eigenvalue weighted by Crippen LogP contribution is -2.35. The van der Waals surface area contributed by atoms with Gasteiger partial charge in [0.05, 0.1) is 5.69 Å². The fraction of sp³-hybridized carbons (Fsp3) is 0.235. The summed E-state index contributed by atoms with van der Waals surface area (Å²) in [4.78, 5) is 11.6. The van der Waals surface area contributed by atoms with Crippen LogP contribution in [0.4, 0.5) is 11.4 Å². The van der Waals surface area contributed by atoms with Gasteiger partial charge in [-0.2, -0.15) is 0 Å². The smallest absolute Gasteiger partial charge is 0.265 e. The van der Waals surface area contributed by atoms with Crippen LogP contribution in [0.25, 0.3) is 0 Å². The van der Waals surface area contributed by atoms with Gasteiger partial charge < -0.3 is 10.1 Å². The van der Waals surface area contributed by atoms with Crippen LogP contribution in [-0.4, -0.2) is 20.4 Å². The molecule has 1 aliphatic rings. The molecule has 0 radical (unpaired) electrons. The lowest BCUT2D eigenvalue weighted by Gasteiger charge is -2.25. The van der Waals surface area contributed by atoms with Gasteiger partial charge in [-0.15, -0.1) is 0 Å². The van der Waals surface area contributed by atoms with E-state index in [0.29, 0.717) is 5.69 Å². The van der Waals surface area contributed by atoms with Gasteiger partial charge in [-0.3, -0.25) is 9.52 Å². The third-order valence-corrected chi connectivity index (χ3v) is 5.42. The molecule has 1 amide bonds. The van der Waals surface area contributed by atoms with E-state index in [9.17, 15) is 13.2 Å². The van der Waals surface area contributed by atoms with Crippen LogP contribution in [0.2, 0.25) is 5.02 Å². The number of nitrogens with one attached hydrogen (secondary N) is 2. The minimum absolute atomic E-state index is 0.0793. The van der Waals surface area contributed by atoms with E-state index in [1.54, 1.807) is 25.1 Å². The second-order valence-corrected chi connectivity index (χ2v) is 7.78. The zero-order valence-electron chi connectivity index (χ0n) is 13.7. The van der Waals surface area contributed by atoms with E-state index in [0.717, 1.165) is 12.0 Å². The summed E-state index contributed by atoms with van der Waals surface area (Å²) >= 11 is 6.02. The number of aryl methyl sites for hydroxylation is 1. The van der Waals surface area contributed by atoms with Crippen LogP contribution in [0.15, 0.2) is 41.3 Å². The third-order valence-electron chi connectivity index (χ3n) is 3.82. The van der Waals surface area contributed by atoms with Crippen LogP contribution in [0, 0.1) is 0 Å². The number of sulfonamides is 1. The zero-order chi connectivity index (χ0) is 18.2. The van der Waals surface area contributed by atoms with Crippen molar-refractivity contribution in [2.24, 2.45) is 0 Å².